The molecule has 1 spiro atoms. The second-order valence-electron chi connectivity index (χ2n) is 7.14. The molecule has 1 aliphatic carbocycles. The van der Waals surface area contributed by atoms with E-state index in [1.165, 1.54) is 0 Å². The smallest absolute Gasteiger partial charge is 0.311 e. The summed E-state index contributed by atoms with van der Waals surface area (Å²) in [6, 6.07) is 0. The Kier molecular flexibility index (Phi) is 2.58. The van der Waals surface area contributed by atoms with Gasteiger partial charge >= 0.3 is 5.97 Å². The standard InChI is InChI=1S/C15H22O5/c1-8-4-5-11-9(2)12(16)17-13-15(11)10(8)6-7-14(3,18-13)19-20-15/h8-11,13H,4-7H2,1-3H3/t8?,9-,10?,11?,13-,14+,15?/m1/s1. The summed E-state index contributed by atoms with van der Waals surface area (Å²) in [7, 11) is 0. The first kappa shape index (κ1) is 13.0. The lowest BCUT2D eigenvalue weighted by Gasteiger charge is -2.57. The van der Waals surface area contributed by atoms with E-state index in [0.29, 0.717) is 11.8 Å². The van der Waals surface area contributed by atoms with Gasteiger partial charge in [0.15, 0.2) is 5.60 Å². The summed E-state index contributed by atoms with van der Waals surface area (Å²) in [5.41, 5.74) is -0.610. The Morgan fingerprint density at radius 1 is 1.10 bits per heavy atom. The van der Waals surface area contributed by atoms with Crippen molar-refractivity contribution in [2.75, 3.05) is 0 Å². The van der Waals surface area contributed by atoms with Crippen molar-refractivity contribution in [2.24, 2.45) is 23.7 Å². The Morgan fingerprint density at radius 2 is 1.90 bits per heavy atom. The number of fused-ring (bicyclic) bond motifs is 2. The number of carbonyl (C=O) groups excluding carboxylic acids is 1. The maximum atomic E-state index is 12.1. The number of ether oxygens (including phenoxy) is 2. The lowest BCUT2D eigenvalue weighted by molar-refractivity contribution is -0.559. The van der Waals surface area contributed by atoms with E-state index in [0.717, 1.165) is 25.7 Å². The zero-order chi connectivity index (χ0) is 14.1. The molecule has 0 aromatic carbocycles. The first-order valence-corrected chi connectivity index (χ1v) is 7.71. The van der Waals surface area contributed by atoms with Crippen LogP contribution < -0.4 is 0 Å². The van der Waals surface area contributed by atoms with Crippen molar-refractivity contribution in [2.45, 2.75) is 64.1 Å². The molecule has 4 saturated heterocycles. The summed E-state index contributed by atoms with van der Waals surface area (Å²) < 4.78 is 11.6. The Hall–Kier alpha value is -0.650. The van der Waals surface area contributed by atoms with Crippen LogP contribution in [0.4, 0.5) is 0 Å². The summed E-state index contributed by atoms with van der Waals surface area (Å²) in [6.07, 6.45) is 3.24. The summed E-state index contributed by atoms with van der Waals surface area (Å²) in [6.45, 7) is 6.06. The quantitative estimate of drug-likeness (QED) is 0.504. The Bertz CT molecular complexity index is 452. The molecule has 1 saturated carbocycles. The molecule has 5 fully saturated rings. The molecule has 4 unspecified atom stereocenters. The monoisotopic (exact) mass is 282 g/mol. The van der Waals surface area contributed by atoms with E-state index in [9.17, 15) is 4.79 Å². The minimum atomic E-state index is -0.793. The van der Waals surface area contributed by atoms with Gasteiger partial charge in [0.05, 0.1) is 5.92 Å². The van der Waals surface area contributed by atoms with Crippen LogP contribution in [0.25, 0.3) is 0 Å². The molecule has 2 bridgehead atoms. The van der Waals surface area contributed by atoms with Crippen LogP contribution in [-0.4, -0.2) is 23.6 Å². The molecule has 5 rings (SSSR count). The van der Waals surface area contributed by atoms with Gasteiger partial charge < -0.3 is 9.47 Å². The Morgan fingerprint density at radius 3 is 2.70 bits per heavy atom. The molecule has 5 aliphatic rings. The fraction of sp³-hybridized carbons (Fsp3) is 0.933. The molecule has 0 radical (unpaired) electrons. The highest BCUT2D eigenvalue weighted by atomic mass is 17.3. The van der Waals surface area contributed by atoms with Crippen molar-refractivity contribution in [3.05, 3.63) is 0 Å². The van der Waals surface area contributed by atoms with Crippen LogP contribution in [0.15, 0.2) is 0 Å². The van der Waals surface area contributed by atoms with Gasteiger partial charge in [-0.1, -0.05) is 13.8 Å². The van der Waals surface area contributed by atoms with Crippen LogP contribution in [0.3, 0.4) is 0 Å². The van der Waals surface area contributed by atoms with Gasteiger partial charge in [0.2, 0.25) is 12.1 Å². The zero-order valence-electron chi connectivity index (χ0n) is 12.3. The van der Waals surface area contributed by atoms with Crippen molar-refractivity contribution in [3.8, 4) is 0 Å². The number of esters is 1. The zero-order valence-corrected chi connectivity index (χ0v) is 12.3. The van der Waals surface area contributed by atoms with Gasteiger partial charge in [0.1, 0.15) is 0 Å². The summed E-state index contributed by atoms with van der Waals surface area (Å²) in [5.74, 6) is -0.137. The summed E-state index contributed by atoms with van der Waals surface area (Å²) in [5, 5.41) is 0. The maximum absolute atomic E-state index is 12.1. The van der Waals surface area contributed by atoms with Gasteiger partial charge in [0.25, 0.3) is 0 Å². The first-order chi connectivity index (χ1) is 9.46. The van der Waals surface area contributed by atoms with E-state index in [-0.39, 0.29) is 17.8 Å². The average Bonchev–Trinajstić information content (AvgIpc) is 2.63. The number of hydrogen-bond acceptors (Lipinski definition) is 5. The largest absolute Gasteiger partial charge is 0.432 e. The van der Waals surface area contributed by atoms with E-state index in [1.54, 1.807) is 0 Å². The minimum Gasteiger partial charge on any atom is -0.432 e. The number of rotatable bonds is 0. The molecule has 20 heavy (non-hydrogen) atoms. The van der Waals surface area contributed by atoms with Crippen molar-refractivity contribution < 1.29 is 24.0 Å². The van der Waals surface area contributed by atoms with E-state index < -0.39 is 17.7 Å². The fourth-order valence-corrected chi connectivity index (χ4v) is 4.76. The lowest BCUT2D eigenvalue weighted by atomic mass is 9.58. The van der Waals surface area contributed by atoms with E-state index >= 15 is 0 Å². The Balaban J connectivity index is 1.84. The molecular weight excluding hydrogens is 260 g/mol. The van der Waals surface area contributed by atoms with Gasteiger partial charge in [-0.15, -0.1) is 0 Å². The van der Waals surface area contributed by atoms with E-state index in [1.807, 2.05) is 13.8 Å². The maximum Gasteiger partial charge on any atom is 0.311 e. The number of hydrogen-bond donors (Lipinski definition) is 0. The van der Waals surface area contributed by atoms with Crippen LogP contribution in [0, 0.1) is 23.7 Å². The molecule has 0 amide bonds. The van der Waals surface area contributed by atoms with Crippen LogP contribution >= 0.6 is 0 Å². The second kappa shape index (κ2) is 3.96. The van der Waals surface area contributed by atoms with Gasteiger partial charge in [0, 0.05) is 18.3 Å². The molecule has 7 atom stereocenters. The number of carbonyl (C=O) groups is 1. The topological polar surface area (TPSA) is 54.0 Å². The van der Waals surface area contributed by atoms with Crippen molar-refractivity contribution in [1.82, 2.24) is 0 Å². The molecule has 5 nitrogen and oxygen atoms in total. The normalized spacial score (nSPS) is 57.8. The summed E-state index contributed by atoms with van der Waals surface area (Å²) >= 11 is 0. The van der Waals surface area contributed by atoms with Crippen LogP contribution in [-0.2, 0) is 24.0 Å². The molecular formula is C15H22O5. The van der Waals surface area contributed by atoms with E-state index in [4.69, 9.17) is 19.2 Å². The highest BCUT2D eigenvalue weighted by molar-refractivity contribution is 5.74. The molecule has 112 valence electrons. The van der Waals surface area contributed by atoms with Crippen LogP contribution in [0.1, 0.15) is 46.5 Å². The SMILES string of the molecule is CC1CCC2[C@@H](C)C(=O)O[C@@H]3O[C@]4(C)CCC1C23OO4. The predicted molar refractivity (Wildman–Crippen MR) is 68.0 cm³/mol. The third-order valence-corrected chi connectivity index (χ3v) is 5.97. The molecule has 0 aromatic heterocycles. The Labute approximate surface area is 118 Å². The third-order valence-electron chi connectivity index (χ3n) is 5.97. The van der Waals surface area contributed by atoms with Crippen LogP contribution in [0.5, 0.6) is 0 Å². The highest BCUT2D eigenvalue weighted by Gasteiger charge is 2.69. The second-order valence-corrected chi connectivity index (χ2v) is 7.14. The van der Waals surface area contributed by atoms with Crippen molar-refractivity contribution >= 4 is 5.97 Å². The van der Waals surface area contributed by atoms with Crippen molar-refractivity contribution in [3.63, 3.8) is 0 Å². The van der Waals surface area contributed by atoms with Gasteiger partial charge in [-0.05, 0) is 32.1 Å². The minimum absolute atomic E-state index is 0.123. The van der Waals surface area contributed by atoms with Gasteiger partial charge in [-0.25, -0.2) is 9.78 Å². The molecule has 4 heterocycles. The molecule has 4 aliphatic heterocycles. The van der Waals surface area contributed by atoms with Gasteiger partial charge in [-0.3, -0.25) is 4.79 Å². The molecule has 5 heteroatoms. The third kappa shape index (κ3) is 1.46. The molecule has 0 N–H and O–H groups in total. The predicted octanol–water partition coefficient (Wildman–Crippen LogP) is 2.39. The first-order valence-electron chi connectivity index (χ1n) is 7.71. The lowest BCUT2D eigenvalue weighted by Crippen LogP contribution is -2.69. The fourth-order valence-electron chi connectivity index (χ4n) is 4.76. The van der Waals surface area contributed by atoms with Crippen molar-refractivity contribution in [1.29, 1.82) is 0 Å². The average molecular weight is 282 g/mol. The van der Waals surface area contributed by atoms with Gasteiger partial charge in [-0.2, -0.15) is 0 Å². The highest BCUT2D eigenvalue weighted by Crippen LogP contribution is 2.59. The molecule has 0 aromatic rings. The van der Waals surface area contributed by atoms with E-state index in [2.05, 4.69) is 6.92 Å². The summed E-state index contributed by atoms with van der Waals surface area (Å²) in [4.78, 5) is 23.7. The van der Waals surface area contributed by atoms with Crippen LogP contribution in [0.2, 0.25) is 0 Å².